The van der Waals surface area contributed by atoms with Gasteiger partial charge in [0, 0.05) is 18.9 Å². The third-order valence-electron chi connectivity index (χ3n) is 4.49. The van der Waals surface area contributed by atoms with Gasteiger partial charge in [-0.25, -0.2) is 0 Å². The summed E-state index contributed by atoms with van der Waals surface area (Å²) < 4.78 is 2.11. The number of aryl methyl sites for hydroxylation is 1. The Balaban J connectivity index is 1.64. The molecule has 0 bridgehead atoms. The summed E-state index contributed by atoms with van der Waals surface area (Å²) in [5, 5.41) is 3.06. The monoisotopic (exact) mass is 332 g/mol. The van der Waals surface area contributed by atoms with Crippen LogP contribution in [-0.2, 0) is 11.2 Å². The average Bonchev–Trinajstić information content (AvgIpc) is 3.16. The molecule has 1 aromatic heterocycles. The maximum atomic E-state index is 12.5. The number of nitrogens with one attached hydrogen (secondary N) is 1. The molecular weight excluding hydrogens is 308 g/mol. The summed E-state index contributed by atoms with van der Waals surface area (Å²) in [7, 11) is 0. The smallest absolute Gasteiger partial charge is 0.222 e. The first-order valence-corrected chi connectivity index (χ1v) is 8.72. The van der Waals surface area contributed by atoms with Crippen molar-refractivity contribution < 1.29 is 4.79 Å². The van der Waals surface area contributed by atoms with E-state index in [4.69, 9.17) is 0 Å². The van der Waals surface area contributed by atoms with E-state index in [1.165, 1.54) is 16.7 Å². The van der Waals surface area contributed by atoms with Gasteiger partial charge in [-0.3, -0.25) is 4.79 Å². The Hall–Kier alpha value is -2.81. The van der Waals surface area contributed by atoms with Gasteiger partial charge in [0.15, 0.2) is 0 Å². The number of nitrogens with zero attached hydrogens (tertiary/aromatic N) is 1. The quantitative estimate of drug-likeness (QED) is 0.693. The number of hydrogen-bond acceptors (Lipinski definition) is 1. The van der Waals surface area contributed by atoms with Crippen LogP contribution in [0.15, 0.2) is 79.1 Å². The van der Waals surface area contributed by atoms with E-state index in [1.54, 1.807) is 0 Å². The zero-order chi connectivity index (χ0) is 17.5. The van der Waals surface area contributed by atoms with Crippen molar-refractivity contribution in [1.29, 1.82) is 0 Å². The molecule has 1 atom stereocenters. The third kappa shape index (κ3) is 4.60. The predicted molar refractivity (Wildman–Crippen MR) is 102 cm³/mol. The number of amides is 1. The number of benzene rings is 2. The lowest BCUT2D eigenvalue weighted by Crippen LogP contribution is -2.28. The second-order valence-electron chi connectivity index (χ2n) is 6.29. The zero-order valence-electron chi connectivity index (χ0n) is 14.6. The van der Waals surface area contributed by atoms with Gasteiger partial charge >= 0.3 is 0 Å². The molecule has 3 nitrogen and oxygen atoms in total. The van der Waals surface area contributed by atoms with E-state index in [0.717, 1.165) is 6.42 Å². The first-order valence-electron chi connectivity index (χ1n) is 8.72. The van der Waals surface area contributed by atoms with Crippen LogP contribution in [0.25, 0.3) is 0 Å². The van der Waals surface area contributed by atoms with Crippen LogP contribution in [0.4, 0.5) is 0 Å². The Labute approximate surface area is 149 Å². The Morgan fingerprint density at radius 2 is 1.64 bits per heavy atom. The van der Waals surface area contributed by atoms with Crippen molar-refractivity contribution in [3.05, 3.63) is 95.8 Å². The predicted octanol–water partition coefficient (Wildman–Crippen LogP) is 4.13. The van der Waals surface area contributed by atoms with Crippen molar-refractivity contribution in [1.82, 2.24) is 9.88 Å². The normalized spacial score (nSPS) is 11.9. The second-order valence-corrected chi connectivity index (χ2v) is 6.29. The second kappa shape index (κ2) is 8.34. The summed E-state index contributed by atoms with van der Waals surface area (Å²) >= 11 is 0. The Kier molecular flexibility index (Phi) is 5.68. The van der Waals surface area contributed by atoms with Crippen molar-refractivity contribution in [3.63, 3.8) is 0 Å². The molecule has 2 aromatic carbocycles. The summed E-state index contributed by atoms with van der Waals surface area (Å²) in [6.07, 6.45) is 5.34. The van der Waals surface area contributed by atoms with E-state index in [-0.39, 0.29) is 11.9 Å². The van der Waals surface area contributed by atoms with Crippen molar-refractivity contribution in [2.75, 3.05) is 6.54 Å². The lowest BCUT2D eigenvalue weighted by Gasteiger charge is -2.21. The van der Waals surface area contributed by atoms with Crippen molar-refractivity contribution in [2.24, 2.45) is 0 Å². The van der Waals surface area contributed by atoms with Crippen molar-refractivity contribution in [3.8, 4) is 0 Å². The molecule has 1 N–H and O–H groups in total. The molecule has 1 amide bonds. The number of hydrogen-bond donors (Lipinski definition) is 1. The maximum Gasteiger partial charge on any atom is 0.222 e. The molecule has 128 valence electrons. The molecule has 1 heterocycles. The molecule has 0 aliphatic carbocycles. The van der Waals surface area contributed by atoms with Gasteiger partial charge in [-0.15, -0.1) is 0 Å². The molecule has 1 unspecified atom stereocenters. The number of rotatable bonds is 7. The Bertz CT molecular complexity index is 794. The van der Waals surface area contributed by atoms with Gasteiger partial charge in [0.25, 0.3) is 0 Å². The lowest BCUT2D eigenvalue weighted by molar-refractivity contribution is -0.121. The maximum absolute atomic E-state index is 12.5. The fraction of sp³-hybridized carbons (Fsp3) is 0.227. The molecule has 0 aliphatic rings. The van der Waals surface area contributed by atoms with Gasteiger partial charge in [-0.2, -0.15) is 0 Å². The molecule has 25 heavy (non-hydrogen) atoms. The minimum Gasteiger partial charge on any atom is -0.356 e. The fourth-order valence-electron chi connectivity index (χ4n) is 3.13. The molecule has 0 radical (unpaired) electrons. The van der Waals surface area contributed by atoms with E-state index >= 15 is 0 Å². The molecule has 3 heteroatoms. The standard InChI is InChI=1S/C22H24N2O/c1-18-9-5-6-12-20(18)21(24-15-7-8-16-24)17-22(25)23-14-13-19-10-3-2-4-11-19/h2-12,15-16,21H,13-14,17H2,1H3,(H,23,25). The molecule has 0 aliphatic heterocycles. The summed E-state index contributed by atoms with van der Waals surface area (Å²) in [5.41, 5.74) is 3.64. The van der Waals surface area contributed by atoms with Crippen LogP contribution in [-0.4, -0.2) is 17.0 Å². The van der Waals surface area contributed by atoms with E-state index in [2.05, 4.69) is 41.1 Å². The topological polar surface area (TPSA) is 34.0 Å². The molecule has 0 fully saturated rings. The van der Waals surface area contributed by atoms with Gasteiger partial charge in [-0.1, -0.05) is 54.6 Å². The number of carbonyl (C=O) groups is 1. The van der Waals surface area contributed by atoms with Crippen LogP contribution >= 0.6 is 0 Å². The largest absolute Gasteiger partial charge is 0.356 e. The summed E-state index contributed by atoms with van der Waals surface area (Å²) in [4.78, 5) is 12.5. The van der Waals surface area contributed by atoms with Crippen molar-refractivity contribution in [2.45, 2.75) is 25.8 Å². The van der Waals surface area contributed by atoms with Crippen molar-refractivity contribution >= 4 is 5.91 Å². The third-order valence-corrected chi connectivity index (χ3v) is 4.49. The van der Waals surface area contributed by atoms with E-state index in [1.807, 2.05) is 54.9 Å². The van der Waals surface area contributed by atoms with E-state index < -0.39 is 0 Å². The minimum atomic E-state index is 0.0212. The summed E-state index contributed by atoms with van der Waals surface area (Å²) in [6, 6.07) is 22.5. The Morgan fingerprint density at radius 1 is 0.960 bits per heavy atom. The summed E-state index contributed by atoms with van der Waals surface area (Å²) in [6.45, 7) is 2.76. The molecular formula is C22H24N2O. The molecule has 0 saturated carbocycles. The van der Waals surface area contributed by atoms with E-state index in [0.29, 0.717) is 13.0 Å². The van der Waals surface area contributed by atoms with Crippen LogP contribution in [0.3, 0.4) is 0 Å². The number of carbonyl (C=O) groups excluding carboxylic acids is 1. The average molecular weight is 332 g/mol. The SMILES string of the molecule is Cc1ccccc1C(CC(=O)NCCc1ccccc1)n1cccc1. The highest BCUT2D eigenvalue weighted by molar-refractivity contribution is 5.77. The van der Waals surface area contributed by atoms with Crippen LogP contribution in [0.1, 0.15) is 29.2 Å². The zero-order valence-corrected chi connectivity index (χ0v) is 14.6. The van der Waals surface area contributed by atoms with Crippen LogP contribution in [0, 0.1) is 6.92 Å². The molecule has 3 rings (SSSR count). The Morgan fingerprint density at radius 3 is 2.36 bits per heavy atom. The van der Waals surface area contributed by atoms with Gasteiger partial charge in [0.2, 0.25) is 5.91 Å². The molecule has 0 saturated heterocycles. The van der Waals surface area contributed by atoms with E-state index in [9.17, 15) is 4.79 Å². The highest BCUT2D eigenvalue weighted by atomic mass is 16.1. The minimum absolute atomic E-state index is 0.0212. The van der Waals surface area contributed by atoms with Crippen LogP contribution < -0.4 is 5.32 Å². The van der Waals surface area contributed by atoms with Gasteiger partial charge in [0.1, 0.15) is 0 Å². The summed E-state index contributed by atoms with van der Waals surface area (Å²) in [5.74, 6) is 0.0814. The van der Waals surface area contributed by atoms with Gasteiger partial charge in [-0.05, 0) is 42.2 Å². The molecule has 3 aromatic rings. The van der Waals surface area contributed by atoms with Crippen LogP contribution in [0.5, 0.6) is 0 Å². The van der Waals surface area contributed by atoms with Gasteiger partial charge in [0.05, 0.1) is 12.5 Å². The van der Waals surface area contributed by atoms with Gasteiger partial charge < -0.3 is 9.88 Å². The highest BCUT2D eigenvalue weighted by Crippen LogP contribution is 2.25. The van der Waals surface area contributed by atoms with Crippen LogP contribution in [0.2, 0.25) is 0 Å². The first-order chi connectivity index (χ1) is 12.2. The molecule has 0 spiro atoms. The first kappa shape index (κ1) is 17.0. The highest BCUT2D eigenvalue weighted by Gasteiger charge is 2.18. The number of aromatic nitrogens is 1. The fourth-order valence-corrected chi connectivity index (χ4v) is 3.13. The lowest BCUT2D eigenvalue weighted by atomic mass is 9.98.